The summed E-state index contributed by atoms with van der Waals surface area (Å²) < 4.78 is 0. The molecule has 0 aliphatic heterocycles. The lowest BCUT2D eigenvalue weighted by molar-refractivity contribution is -0.132. The fraction of sp³-hybridized carbons (Fsp3) is 0.583. The Bertz CT molecular complexity index is 332. The number of nitrogens with one attached hydrogen (secondary N) is 1. The summed E-state index contributed by atoms with van der Waals surface area (Å²) in [6, 6.07) is 0. The molecule has 0 saturated heterocycles. The summed E-state index contributed by atoms with van der Waals surface area (Å²) >= 11 is 0. The van der Waals surface area contributed by atoms with Crippen LogP contribution in [0.15, 0.2) is 22.9 Å². The van der Waals surface area contributed by atoms with Crippen molar-refractivity contribution in [1.29, 1.82) is 0 Å². The lowest BCUT2D eigenvalue weighted by Crippen LogP contribution is -2.25. The molecule has 0 aromatic rings. The van der Waals surface area contributed by atoms with Gasteiger partial charge < -0.3 is 5.73 Å². The SMILES string of the molecule is CCC(=O)NOCC1=C(C)C[C@H](C)C=C1N. The minimum atomic E-state index is -0.120. The summed E-state index contributed by atoms with van der Waals surface area (Å²) in [4.78, 5) is 16.1. The Morgan fingerprint density at radius 2 is 2.38 bits per heavy atom. The highest BCUT2D eigenvalue weighted by Gasteiger charge is 2.15. The van der Waals surface area contributed by atoms with Gasteiger partial charge in [0.1, 0.15) is 6.61 Å². The molecule has 1 amide bonds. The van der Waals surface area contributed by atoms with Crippen molar-refractivity contribution < 1.29 is 9.63 Å². The molecule has 1 atom stereocenters. The van der Waals surface area contributed by atoms with E-state index in [0.717, 1.165) is 17.7 Å². The molecule has 0 spiro atoms. The Hall–Kier alpha value is -1.29. The van der Waals surface area contributed by atoms with Crippen LogP contribution in [0.1, 0.15) is 33.6 Å². The molecule has 4 nitrogen and oxygen atoms in total. The van der Waals surface area contributed by atoms with Crippen molar-refractivity contribution in [3.05, 3.63) is 22.9 Å². The van der Waals surface area contributed by atoms with Gasteiger partial charge in [-0.05, 0) is 19.3 Å². The first-order chi connectivity index (χ1) is 7.54. The molecule has 0 fully saturated rings. The highest BCUT2D eigenvalue weighted by molar-refractivity contribution is 5.74. The van der Waals surface area contributed by atoms with Gasteiger partial charge in [0.05, 0.1) is 0 Å². The van der Waals surface area contributed by atoms with Gasteiger partial charge >= 0.3 is 0 Å². The zero-order valence-corrected chi connectivity index (χ0v) is 10.2. The summed E-state index contributed by atoms with van der Waals surface area (Å²) in [6.45, 7) is 6.30. The van der Waals surface area contributed by atoms with E-state index in [4.69, 9.17) is 10.6 Å². The van der Waals surface area contributed by atoms with E-state index in [9.17, 15) is 4.79 Å². The van der Waals surface area contributed by atoms with Gasteiger partial charge in [0, 0.05) is 17.7 Å². The van der Waals surface area contributed by atoms with Crippen LogP contribution >= 0.6 is 0 Å². The molecule has 1 aliphatic carbocycles. The summed E-state index contributed by atoms with van der Waals surface area (Å²) in [7, 11) is 0. The van der Waals surface area contributed by atoms with E-state index >= 15 is 0 Å². The molecule has 16 heavy (non-hydrogen) atoms. The van der Waals surface area contributed by atoms with Crippen molar-refractivity contribution in [2.75, 3.05) is 6.61 Å². The van der Waals surface area contributed by atoms with Crippen LogP contribution in [0.25, 0.3) is 0 Å². The Morgan fingerprint density at radius 3 is 2.94 bits per heavy atom. The van der Waals surface area contributed by atoms with Crippen molar-refractivity contribution in [1.82, 2.24) is 5.48 Å². The molecule has 1 aliphatic rings. The van der Waals surface area contributed by atoms with Crippen molar-refractivity contribution in [3.8, 4) is 0 Å². The number of amides is 1. The largest absolute Gasteiger partial charge is 0.399 e. The second kappa shape index (κ2) is 5.70. The predicted octanol–water partition coefficient (Wildman–Crippen LogP) is 1.64. The molecule has 90 valence electrons. The van der Waals surface area contributed by atoms with E-state index in [1.165, 1.54) is 5.57 Å². The van der Waals surface area contributed by atoms with Crippen molar-refractivity contribution >= 4 is 5.91 Å². The second-order valence-electron chi connectivity index (χ2n) is 4.23. The smallest absolute Gasteiger partial charge is 0.243 e. The summed E-state index contributed by atoms with van der Waals surface area (Å²) in [6.07, 6.45) is 3.45. The van der Waals surface area contributed by atoms with Gasteiger partial charge in [-0.1, -0.05) is 25.5 Å². The minimum absolute atomic E-state index is 0.120. The minimum Gasteiger partial charge on any atom is -0.399 e. The highest BCUT2D eigenvalue weighted by Crippen LogP contribution is 2.25. The molecule has 3 N–H and O–H groups in total. The van der Waals surface area contributed by atoms with Crippen LogP contribution in [0.3, 0.4) is 0 Å². The number of hydrogen-bond donors (Lipinski definition) is 2. The number of carbonyl (C=O) groups is 1. The van der Waals surface area contributed by atoms with Crippen LogP contribution in [-0.4, -0.2) is 12.5 Å². The van der Waals surface area contributed by atoms with Gasteiger partial charge in [-0.3, -0.25) is 9.63 Å². The van der Waals surface area contributed by atoms with E-state index < -0.39 is 0 Å². The first-order valence-electron chi connectivity index (χ1n) is 5.61. The monoisotopic (exact) mass is 224 g/mol. The molecule has 0 aromatic heterocycles. The molecular weight excluding hydrogens is 204 g/mol. The van der Waals surface area contributed by atoms with Gasteiger partial charge in [0.2, 0.25) is 5.91 Å². The molecule has 1 rings (SSSR count). The van der Waals surface area contributed by atoms with E-state index in [2.05, 4.69) is 19.3 Å². The molecule has 0 bridgehead atoms. The summed E-state index contributed by atoms with van der Waals surface area (Å²) in [5.41, 5.74) is 11.3. The molecular formula is C12H20N2O2. The van der Waals surface area contributed by atoms with Crippen LogP contribution in [0.5, 0.6) is 0 Å². The average molecular weight is 224 g/mol. The fourth-order valence-corrected chi connectivity index (χ4v) is 1.79. The standard InChI is InChI=1S/C12H20N2O2/c1-4-12(15)14-16-7-10-9(3)5-8(2)6-11(10)13/h6,8H,4-5,7,13H2,1-3H3,(H,14,15)/t8-/m0/s1. The normalized spacial score (nSPS) is 20.7. The number of nitrogens with two attached hydrogens (primary N) is 1. The Balaban J connectivity index is 2.51. The zero-order valence-electron chi connectivity index (χ0n) is 10.2. The van der Waals surface area contributed by atoms with Crippen LogP contribution < -0.4 is 11.2 Å². The Labute approximate surface area is 96.5 Å². The summed E-state index contributed by atoms with van der Waals surface area (Å²) in [5, 5.41) is 0. The van der Waals surface area contributed by atoms with E-state index in [1.54, 1.807) is 6.92 Å². The van der Waals surface area contributed by atoms with Crippen LogP contribution in [0.4, 0.5) is 0 Å². The van der Waals surface area contributed by atoms with Gasteiger partial charge in [0.25, 0.3) is 0 Å². The number of allylic oxidation sites excluding steroid dienone is 2. The van der Waals surface area contributed by atoms with E-state index in [0.29, 0.717) is 18.9 Å². The predicted molar refractivity (Wildman–Crippen MR) is 63.1 cm³/mol. The molecule has 0 unspecified atom stereocenters. The van der Waals surface area contributed by atoms with E-state index in [1.807, 2.05) is 6.08 Å². The van der Waals surface area contributed by atoms with Crippen molar-refractivity contribution in [2.24, 2.45) is 11.7 Å². The number of hydrogen-bond acceptors (Lipinski definition) is 3. The molecule has 0 heterocycles. The van der Waals surface area contributed by atoms with Gasteiger partial charge in [0.15, 0.2) is 0 Å². The van der Waals surface area contributed by atoms with Crippen LogP contribution in [0, 0.1) is 5.92 Å². The zero-order chi connectivity index (χ0) is 12.1. The third kappa shape index (κ3) is 3.38. The average Bonchev–Trinajstić information content (AvgIpc) is 2.21. The van der Waals surface area contributed by atoms with Gasteiger partial charge in [-0.2, -0.15) is 0 Å². The molecule has 4 heteroatoms. The first-order valence-corrected chi connectivity index (χ1v) is 5.61. The maximum atomic E-state index is 11.0. The summed E-state index contributed by atoms with van der Waals surface area (Å²) in [5.74, 6) is 0.360. The maximum absolute atomic E-state index is 11.0. The Kier molecular flexibility index (Phi) is 4.55. The van der Waals surface area contributed by atoms with Crippen LogP contribution in [0.2, 0.25) is 0 Å². The third-order valence-electron chi connectivity index (χ3n) is 2.68. The first kappa shape index (κ1) is 12.8. The van der Waals surface area contributed by atoms with Crippen molar-refractivity contribution in [2.45, 2.75) is 33.6 Å². The van der Waals surface area contributed by atoms with Gasteiger partial charge in [-0.25, -0.2) is 5.48 Å². The van der Waals surface area contributed by atoms with Crippen LogP contribution in [-0.2, 0) is 9.63 Å². The second-order valence-corrected chi connectivity index (χ2v) is 4.23. The number of rotatable bonds is 4. The number of hydroxylamine groups is 1. The third-order valence-corrected chi connectivity index (χ3v) is 2.68. The highest BCUT2D eigenvalue weighted by atomic mass is 16.6. The molecule has 0 saturated carbocycles. The lowest BCUT2D eigenvalue weighted by Gasteiger charge is -2.21. The Morgan fingerprint density at radius 1 is 1.69 bits per heavy atom. The fourth-order valence-electron chi connectivity index (χ4n) is 1.79. The number of carbonyl (C=O) groups excluding carboxylic acids is 1. The molecule has 0 radical (unpaired) electrons. The van der Waals surface area contributed by atoms with E-state index in [-0.39, 0.29) is 5.91 Å². The lowest BCUT2D eigenvalue weighted by atomic mass is 9.90. The topological polar surface area (TPSA) is 64.3 Å². The van der Waals surface area contributed by atoms with Gasteiger partial charge in [-0.15, -0.1) is 0 Å². The maximum Gasteiger partial charge on any atom is 0.243 e. The molecule has 0 aromatic carbocycles. The quantitative estimate of drug-likeness (QED) is 0.713. The van der Waals surface area contributed by atoms with Crippen molar-refractivity contribution in [3.63, 3.8) is 0 Å².